The predicted molar refractivity (Wildman–Crippen MR) is 75.3 cm³/mol. The second-order valence-electron chi connectivity index (χ2n) is 3.85. The van der Waals surface area contributed by atoms with Gasteiger partial charge in [0.1, 0.15) is 0 Å². The van der Waals surface area contributed by atoms with Crippen LogP contribution in [-0.4, -0.2) is 23.8 Å². The van der Waals surface area contributed by atoms with Gasteiger partial charge in [0.25, 0.3) is 0 Å². The van der Waals surface area contributed by atoms with E-state index in [1.165, 1.54) is 42.4 Å². The minimum Gasteiger partial charge on any atom is -0.348 e. The Kier molecular flexibility index (Phi) is 4.72. The van der Waals surface area contributed by atoms with E-state index in [2.05, 4.69) is 28.3 Å². The molecule has 1 aliphatic rings. The first kappa shape index (κ1) is 12.0. The highest BCUT2D eigenvalue weighted by atomic mass is 32.2. The number of hydrogen-bond acceptors (Lipinski definition) is 4. The van der Waals surface area contributed by atoms with Crippen LogP contribution in [0.5, 0.6) is 0 Å². The molecule has 1 aliphatic heterocycles. The number of nitrogens with zero attached hydrogens (tertiary/aromatic N) is 2. The lowest BCUT2D eigenvalue weighted by Gasteiger charge is -2.25. The van der Waals surface area contributed by atoms with E-state index in [1.54, 1.807) is 11.3 Å². The summed E-state index contributed by atoms with van der Waals surface area (Å²) in [7, 11) is 0. The van der Waals surface area contributed by atoms with Crippen molar-refractivity contribution in [3.8, 4) is 0 Å². The smallest absolute Gasteiger partial charge is 0.185 e. The molecule has 2 rings (SSSR count). The average Bonchev–Trinajstić information content (AvgIpc) is 2.79. The third-order valence-corrected chi connectivity index (χ3v) is 4.32. The van der Waals surface area contributed by atoms with Gasteiger partial charge in [0.15, 0.2) is 5.13 Å². The Bertz CT molecular complexity index is 341. The van der Waals surface area contributed by atoms with Crippen LogP contribution in [0.2, 0.25) is 0 Å². The van der Waals surface area contributed by atoms with Crippen molar-refractivity contribution in [1.29, 1.82) is 0 Å². The highest BCUT2D eigenvalue weighted by Gasteiger charge is 2.13. The fraction of sp³-hybridized carbons (Fsp3) is 0.583. The van der Waals surface area contributed by atoms with E-state index in [4.69, 9.17) is 0 Å². The number of anilines is 1. The molecule has 0 radical (unpaired) electrons. The third-order valence-electron chi connectivity index (χ3n) is 2.63. The zero-order chi connectivity index (χ0) is 11.2. The quantitative estimate of drug-likeness (QED) is 0.811. The molecule has 1 fully saturated rings. The summed E-state index contributed by atoms with van der Waals surface area (Å²) >= 11 is 3.64. The van der Waals surface area contributed by atoms with Crippen LogP contribution in [0.4, 0.5) is 5.13 Å². The van der Waals surface area contributed by atoms with Crippen LogP contribution in [0.1, 0.15) is 31.1 Å². The van der Waals surface area contributed by atoms with Crippen LogP contribution in [0.25, 0.3) is 6.08 Å². The van der Waals surface area contributed by atoms with Crippen LogP contribution in [0, 0.1) is 0 Å². The van der Waals surface area contributed by atoms with E-state index in [0.717, 1.165) is 5.75 Å². The molecule has 0 atom stereocenters. The van der Waals surface area contributed by atoms with Crippen molar-refractivity contribution in [2.24, 2.45) is 0 Å². The fourth-order valence-corrected chi connectivity index (χ4v) is 3.19. The molecule has 1 saturated heterocycles. The number of aromatic nitrogens is 1. The normalized spacial score (nSPS) is 17.2. The van der Waals surface area contributed by atoms with Gasteiger partial charge in [0.05, 0.1) is 0 Å². The molecule has 2 heterocycles. The maximum absolute atomic E-state index is 4.50. The predicted octanol–water partition coefficient (Wildman–Crippen LogP) is 3.86. The van der Waals surface area contributed by atoms with Crippen molar-refractivity contribution >= 4 is 34.3 Å². The Hall–Kier alpha value is -0.480. The van der Waals surface area contributed by atoms with Gasteiger partial charge in [-0.3, -0.25) is 0 Å². The Morgan fingerprint density at radius 1 is 1.44 bits per heavy atom. The highest BCUT2D eigenvalue weighted by Crippen LogP contribution is 2.26. The lowest BCUT2D eigenvalue weighted by atomic mass is 10.1. The van der Waals surface area contributed by atoms with Gasteiger partial charge in [0.2, 0.25) is 0 Å². The van der Waals surface area contributed by atoms with Gasteiger partial charge >= 0.3 is 0 Å². The molecule has 2 nitrogen and oxygen atoms in total. The maximum atomic E-state index is 4.50. The summed E-state index contributed by atoms with van der Waals surface area (Å²) in [5.74, 6) is 1.13. The Balaban J connectivity index is 1.95. The zero-order valence-corrected chi connectivity index (χ0v) is 11.3. The molecule has 0 saturated carbocycles. The van der Waals surface area contributed by atoms with Gasteiger partial charge in [-0.05, 0) is 36.5 Å². The van der Waals surface area contributed by atoms with Crippen LogP contribution in [0.15, 0.2) is 11.6 Å². The second kappa shape index (κ2) is 6.30. The first-order valence-electron chi connectivity index (χ1n) is 5.89. The van der Waals surface area contributed by atoms with E-state index in [1.807, 2.05) is 18.0 Å². The van der Waals surface area contributed by atoms with E-state index < -0.39 is 0 Å². The van der Waals surface area contributed by atoms with Crippen molar-refractivity contribution in [3.63, 3.8) is 0 Å². The van der Waals surface area contributed by atoms with Crippen LogP contribution in [-0.2, 0) is 0 Å². The fourth-order valence-electron chi connectivity index (χ4n) is 1.80. The van der Waals surface area contributed by atoms with Crippen molar-refractivity contribution < 1.29 is 0 Å². The third kappa shape index (κ3) is 3.25. The zero-order valence-electron chi connectivity index (χ0n) is 9.69. The molecular formula is C12H18N2S2. The van der Waals surface area contributed by atoms with Gasteiger partial charge in [-0.1, -0.05) is 18.3 Å². The maximum Gasteiger partial charge on any atom is 0.185 e. The molecule has 0 unspecified atom stereocenters. The molecular weight excluding hydrogens is 236 g/mol. The standard InChI is InChI=1S/C12H18N2S2/c1-2-15-9-6-11-10-13-12(16-11)14-7-4-3-5-8-14/h6,9-10H,2-5,7-8H2,1H3/b9-6+. The lowest BCUT2D eigenvalue weighted by molar-refractivity contribution is 0.577. The number of thiazole rings is 1. The number of hydrogen-bond donors (Lipinski definition) is 0. The van der Waals surface area contributed by atoms with Crippen molar-refractivity contribution in [3.05, 3.63) is 16.5 Å². The summed E-state index contributed by atoms with van der Waals surface area (Å²) in [6, 6.07) is 0. The molecule has 16 heavy (non-hydrogen) atoms. The molecule has 88 valence electrons. The first-order valence-corrected chi connectivity index (χ1v) is 7.75. The molecule has 4 heteroatoms. The van der Waals surface area contributed by atoms with E-state index in [0.29, 0.717) is 0 Å². The topological polar surface area (TPSA) is 16.1 Å². The Morgan fingerprint density at radius 3 is 3.00 bits per heavy atom. The van der Waals surface area contributed by atoms with E-state index in [9.17, 15) is 0 Å². The molecule has 0 aliphatic carbocycles. The summed E-state index contributed by atoms with van der Waals surface area (Å²) in [5.41, 5.74) is 0. The number of rotatable bonds is 4. The van der Waals surface area contributed by atoms with Gasteiger partial charge in [-0.25, -0.2) is 4.98 Å². The van der Waals surface area contributed by atoms with Crippen molar-refractivity contribution in [1.82, 2.24) is 4.98 Å². The lowest BCUT2D eigenvalue weighted by Crippen LogP contribution is -2.29. The molecule has 0 bridgehead atoms. The summed E-state index contributed by atoms with van der Waals surface area (Å²) in [4.78, 5) is 8.18. The van der Waals surface area contributed by atoms with Gasteiger partial charge in [-0.15, -0.1) is 11.8 Å². The molecule has 0 aromatic carbocycles. The molecule has 0 amide bonds. The van der Waals surface area contributed by atoms with Crippen LogP contribution < -0.4 is 4.90 Å². The van der Waals surface area contributed by atoms with E-state index in [-0.39, 0.29) is 0 Å². The van der Waals surface area contributed by atoms with Gasteiger partial charge in [0, 0.05) is 24.2 Å². The monoisotopic (exact) mass is 254 g/mol. The highest BCUT2D eigenvalue weighted by molar-refractivity contribution is 8.02. The number of thioether (sulfide) groups is 1. The molecule has 1 aromatic heterocycles. The summed E-state index contributed by atoms with van der Waals surface area (Å²) in [6.07, 6.45) is 8.16. The summed E-state index contributed by atoms with van der Waals surface area (Å²) in [6.45, 7) is 4.53. The van der Waals surface area contributed by atoms with Crippen LogP contribution >= 0.6 is 23.1 Å². The Labute approximate surface area is 106 Å². The molecule has 1 aromatic rings. The molecule has 0 spiro atoms. The van der Waals surface area contributed by atoms with Crippen molar-refractivity contribution in [2.75, 3.05) is 23.7 Å². The minimum absolute atomic E-state index is 1.13. The van der Waals surface area contributed by atoms with Gasteiger partial charge < -0.3 is 4.90 Å². The first-order chi connectivity index (χ1) is 7.90. The minimum atomic E-state index is 1.13. The van der Waals surface area contributed by atoms with Gasteiger partial charge in [-0.2, -0.15) is 0 Å². The molecule has 0 N–H and O–H groups in total. The van der Waals surface area contributed by atoms with Crippen LogP contribution in [0.3, 0.4) is 0 Å². The summed E-state index contributed by atoms with van der Waals surface area (Å²) < 4.78 is 0. The second-order valence-corrected chi connectivity index (χ2v) is 6.07. The summed E-state index contributed by atoms with van der Waals surface area (Å²) in [5, 5.41) is 3.36. The Morgan fingerprint density at radius 2 is 2.25 bits per heavy atom. The van der Waals surface area contributed by atoms with E-state index >= 15 is 0 Å². The SMILES string of the molecule is CCS/C=C/c1cnc(N2CCCCC2)s1. The van der Waals surface area contributed by atoms with Crippen molar-refractivity contribution in [2.45, 2.75) is 26.2 Å². The largest absolute Gasteiger partial charge is 0.348 e. The number of piperidine rings is 1. The average molecular weight is 254 g/mol.